The van der Waals surface area contributed by atoms with Crippen molar-refractivity contribution < 1.29 is 24.2 Å². The van der Waals surface area contributed by atoms with Crippen molar-refractivity contribution in [3.05, 3.63) is 23.8 Å². The molecule has 5 nitrogen and oxygen atoms in total. The molecular weight excluding hydrogens is 368 g/mol. The molecule has 0 aromatic rings. The van der Waals surface area contributed by atoms with E-state index in [1.165, 1.54) is 51.4 Å². The van der Waals surface area contributed by atoms with Crippen molar-refractivity contribution in [1.82, 2.24) is 0 Å². The fourth-order valence-electron chi connectivity index (χ4n) is 3.33. The molecule has 1 aliphatic heterocycles. The Morgan fingerprint density at radius 3 is 1.59 bits per heavy atom. The van der Waals surface area contributed by atoms with E-state index in [1.54, 1.807) is 19.9 Å². The topological polar surface area (TPSA) is 72.8 Å². The Balaban J connectivity index is 1.93. The highest BCUT2D eigenvalue weighted by Crippen LogP contribution is 2.23. The van der Waals surface area contributed by atoms with E-state index in [1.807, 2.05) is 0 Å². The SMILES string of the molecule is CC1(C)OC(=O)C(=CCCCCCCCC=CCCCCCCCCO)C(=O)O1. The number of rotatable bonds is 16. The number of esters is 2. The largest absolute Gasteiger partial charge is 0.419 e. The summed E-state index contributed by atoms with van der Waals surface area (Å²) in [7, 11) is 0. The lowest BCUT2D eigenvalue weighted by Gasteiger charge is -2.29. The molecule has 1 aliphatic rings. The standard InChI is InChI=1S/C24H40O5/c1-24(2)28-22(26)21(23(27)29-24)19-17-15-13-11-9-7-5-3-4-6-8-10-12-14-16-18-20-25/h3-4,19,25H,5-18,20H2,1-2H3. The van der Waals surface area contributed by atoms with Crippen LogP contribution in [0.4, 0.5) is 0 Å². The van der Waals surface area contributed by atoms with E-state index in [0.717, 1.165) is 32.1 Å². The molecule has 0 atom stereocenters. The van der Waals surface area contributed by atoms with E-state index >= 15 is 0 Å². The number of aliphatic hydroxyl groups excluding tert-OH is 1. The average Bonchev–Trinajstić information content (AvgIpc) is 2.65. The van der Waals surface area contributed by atoms with Crippen LogP contribution >= 0.6 is 0 Å². The first-order chi connectivity index (χ1) is 14.0. The first-order valence-corrected chi connectivity index (χ1v) is 11.4. The molecule has 0 aliphatic carbocycles. The van der Waals surface area contributed by atoms with E-state index < -0.39 is 17.7 Å². The fraction of sp³-hybridized carbons (Fsp3) is 0.750. The number of carbonyl (C=O) groups is 2. The van der Waals surface area contributed by atoms with Crippen LogP contribution in [0.3, 0.4) is 0 Å². The minimum Gasteiger partial charge on any atom is -0.419 e. The van der Waals surface area contributed by atoms with Crippen LogP contribution in [-0.2, 0) is 19.1 Å². The molecule has 0 unspecified atom stereocenters. The van der Waals surface area contributed by atoms with Crippen LogP contribution < -0.4 is 0 Å². The zero-order valence-corrected chi connectivity index (χ0v) is 18.4. The van der Waals surface area contributed by atoms with Crippen molar-refractivity contribution in [2.45, 2.75) is 110 Å². The van der Waals surface area contributed by atoms with Gasteiger partial charge >= 0.3 is 11.9 Å². The molecule has 0 amide bonds. The van der Waals surface area contributed by atoms with E-state index in [4.69, 9.17) is 14.6 Å². The quantitative estimate of drug-likeness (QED) is 0.116. The maximum Gasteiger partial charge on any atom is 0.348 e. The second-order valence-electron chi connectivity index (χ2n) is 8.25. The molecule has 0 radical (unpaired) electrons. The molecule has 1 N–H and O–H groups in total. The van der Waals surface area contributed by atoms with Crippen LogP contribution in [0, 0.1) is 0 Å². The van der Waals surface area contributed by atoms with Gasteiger partial charge in [-0.2, -0.15) is 0 Å². The molecule has 1 fully saturated rings. The van der Waals surface area contributed by atoms with Crippen molar-refractivity contribution in [1.29, 1.82) is 0 Å². The Bertz CT molecular complexity index is 511. The Kier molecular flexibility index (Phi) is 13.4. The lowest BCUT2D eigenvalue weighted by atomic mass is 10.1. The van der Waals surface area contributed by atoms with Crippen molar-refractivity contribution in [2.24, 2.45) is 0 Å². The van der Waals surface area contributed by atoms with Crippen LogP contribution in [0.25, 0.3) is 0 Å². The molecule has 166 valence electrons. The maximum absolute atomic E-state index is 11.8. The van der Waals surface area contributed by atoms with Gasteiger partial charge in [-0.25, -0.2) is 9.59 Å². The van der Waals surface area contributed by atoms with E-state index in [9.17, 15) is 9.59 Å². The molecule has 1 rings (SSSR count). The van der Waals surface area contributed by atoms with Crippen LogP contribution in [0.1, 0.15) is 104 Å². The Morgan fingerprint density at radius 2 is 1.10 bits per heavy atom. The van der Waals surface area contributed by atoms with Crippen LogP contribution in [0.5, 0.6) is 0 Å². The summed E-state index contributed by atoms with van der Waals surface area (Å²) in [5, 5.41) is 8.72. The minimum atomic E-state index is -1.17. The van der Waals surface area contributed by atoms with Gasteiger partial charge in [0.15, 0.2) is 0 Å². The van der Waals surface area contributed by atoms with E-state index in [-0.39, 0.29) is 5.57 Å². The summed E-state index contributed by atoms with van der Waals surface area (Å²) in [5.41, 5.74) is 0.0274. The summed E-state index contributed by atoms with van der Waals surface area (Å²) < 4.78 is 10.2. The Morgan fingerprint density at radius 1 is 0.690 bits per heavy atom. The third kappa shape index (κ3) is 12.5. The van der Waals surface area contributed by atoms with Gasteiger partial charge in [-0.15, -0.1) is 0 Å². The molecule has 1 saturated heterocycles. The second-order valence-corrected chi connectivity index (χ2v) is 8.25. The van der Waals surface area contributed by atoms with Gasteiger partial charge in [-0.1, -0.05) is 63.2 Å². The summed E-state index contributed by atoms with van der Waals surface area (Å²) in [6, 6.07) is 0. The molecule has 0 spiro atoms. The van der Waals surface area contributed by atoms with Gasteiger partial charge < -0.3 is 14.6 Å². The molecule has 0 saturated carbocycles. The van der Waals surface area contributed by atoms with Gasteiger partial charge in [-0.3, -0.25) is 0 Å². The smallest absolute Gasteiger partial charge is 0.348 e. The van der Waals surface area contributed by atoms with E-state index in [0.29, 0.717) is 13.0 Å². The predicted octanol–water partition coefficient (Wildman–Crippen LogP) is 5.76. The molecule has 29 heavy (non-hydrogen) atoms. The van der Waals surface area contributed by atoms with Gasteiger partial charge in [0.25, 0.3) is 5.79 Å². The van der Waals surface area contributed by atoms with Crippen molar-refractivity contribution >= 4 is 11.9 Å². The van der Waals surface area contributed by atoms with Crippen molar-refractivity contribution in [3.63, 3.8) is 0 Å². The number of hydrogen-bond donors (Lipinski definition) is 1. The first kappa shape index (κ1) is 25.4. The van der Waals surface area contributed by atoms with Crippen molar-refractivity contribution in [3.8, 4) is 0 Å². The molecule has 0 bridgehead atoms. The zero-order chi connectivity index (χ0) is 21.4. The molecule has 5 heteroatoms. The van der Waals surface area contributed by atoms with Gasteiger partial charge in [0.2, 0.25) is 0 Å². The predicted molar refractivity (Wildman–Crippen MR) is 115 cm³/mol. The van der Waals surface area contributed by atoms with Gasteiger partial charge in [0.1, 0.15) is 5.57 Å². The highest BCUT2D eigenvalue weighted by Gasteiger charge is 2.38. The maximum atomic E-state index is 11.8. The van der Waals surface area contributed by atoms with Gasteiger partial charge in [-0.05, 0) is 44.9 Å². The van der Waals surface area contributed by atoms with Crippen LogP contribution in [-0.4, -0.2) is 29.4 Å². The van der Waals surface area contributed by atoms with Crippen molar-refractivity contribution in [2.75, 3.05) is 6.61 Å². The second kappa shape index (κ2) is 15.3. The van der Waals surface area contributed by atoms with Gasteiger partial charge in [0, 0.05) is 20.5 Å². The number of ether oxygens (including phenoxy) is 2. The molecule has 0 aromatic heterocycles. The third-order valence-electron chi connectivity index (χ3n) is 4.99. The number of unbranched alkanes of at least 4 members (excludes halogenated alkanes) is 12. The highest BCUT2D eigenvalue weighted by molar-refractivity contribution is 6.15. The third-order valence-corrected chi connectivity index (χ3v) is 4.99. The normalized spacial score (nSPS) is 16.2. The lowest BCUT2D eigenvalue weighted by molar-refractivity contribution is -0.222. The molecule has 0 aromatic carbocycles. The summed E-state index contributed by atoms with van der Waals surface area (Å²) >= 11 is 0. The summed E-state index contributed by atoms with van der Waals surface area (Å²) in [4.78, 5) is 23.6. The van der Waals surface area contributed by atoms with E-state index in [2.05, 4.69) is 12.2 Å². The summed E-state index contributed by atoms with van der Waals surface area (Å²) in [5.74, 6) is -2.33. The molecule has 1 heterocycles. The number of hydrogen-bond acceptors (Lipinski definition) is 5. The average molecular weight is 409 g/mol. The fourth-order valence-corrected chi connectivity index (χ4v) is 3.33. The summed E-state index contributed by atoms with van der Waals surface area (Å²) in [6.45, 7) is 3.43. The number of aliphatic hydroxyl groups is 1. The Hall–Kier alpha value is -1.62. The number of allylic oxidation sites excluding steroid dienone is 3. The monoisotopic (exact) mass is 408 g/mol. The van der Waals surface area contributed by atoms with Crippen LogP contribution in [0.15, 0.2) is 23.8 Å². The minimum absolute atomic E-state index is 0.0274. The lowest BCUT2D eigenvalue weighted by Crippen LogP contribution is -2.41. The molecular formula is C24H40O5. The zero-order valence-electron chi connectivity index (χ0n) is 18.4. The number of cyclic esters (lactones) is 2. The van der Waals surface area contributed by atoms with Crippen LogP contribution in [0.2, 0.25) is 0 Å². The highest BCUT2D eigenvalue weighted by atomic mass is 16.7. The van der Waals surface area contributed by atoms with Gasteiger partial charge in [0.05, 0.1) is 0 Å². The first-order valence-electron chi connectivity index (χ1n) is 11.4. The Labute approximate surface area is 176 Å². The number of carbonyl (C=O) groups excluding carboxylic acids is 2. The summed E-state index contributed by atoms with van der Waals surface area (Å²) in [6.07, 6.45) is 22.1.